The number of piperazine rings is 1. The molecule has 1 heterocycles. The summed E-state index contributed by atoms with van der Waals surface area (Å²) in [6.07, 6.45) is 0.781. The Morgan fingerprint density at radius 2 is 1.74 bits per heavy atom. The molecular formula is C23H31N5O3. The van der Waals surface area contributed by atoms with Gasteiger partial charge in [0.05, 0.1) is 11.5 Å². The Morgan fingerprint density at radius 3 is 2.42 bits per heavy atom. The lowest BCUT2D eigenvalue weighted by Crippen LogP contribution is -2.49. The fraction of sp³-hybridized carbons (Fsp3) is 0.435. The molecule has 1 fully saturated rings. The van der Waals surface area contributed by atoms with E-state index in [0.29, 0.717) is 19.6 Å². The number of nitrogens with zero attached hydrogens (tertiary/aromatic N) is 3. The number of carbonyl (C=O) groups excluding carboxylic acids is 1. The number of non-ortho nitro benzene ring substituents is 1. The molecule has 0 bridgehead atoms. The number of nitrogens with one attached hydrogen (secondary N) is 2. The van der Waals surface area contributed by atoms with Gasteiger partial charge in [-0.1, -0.05) is 12.1 Å². The number of anilines is 2. The maximum absolute atomic E-state index is 12.2. The molecule has 0 radical (unpaired) electrons. The van der Waals surface area contributed by atoms with Gasteiger partial charge in [-0.25, -0.2) is 0 Å². The summed E-state index contributed by atoms with van der Waals surface area (Å²) in [4.78, 5) is 27.1. The van der Waals surface area contributed by atoms with E-state index in [-0.39, 0.29) is 11.6 Å². The molecule has 1 aliphatic rings. The van der Waals surface area contributed by atoms with E-state index in [0.717, 1.165) is 38.3 Å². The summed E-state index contributed by atoms with van der Waals surface area (Å²) >= 11 is 0. The first-order valence-electron chi connectivity index (χ1n) is 10.7. The highest BCUT2D eigenvalue weighted by Crippen LogP contribution is 2.23. The van der Waals surface area contributed by atoms with Crippen molar-refractivity contribution in [2.75, 3.05) is 56.0 Å². The second-order valence-corrected chi connectivity index (χ2v) is 7.92. The van der Waals surface area contributed by atoms with Crippen LogP contribution in [-0.2, 0) is 4.79 Å². The number of rotatable bonds is 9. The van der Waals surface area contributed by atoms with Crippen LogP contribution < -0.4 is 15.5 Å². The zero-order valence-electron chi connectivity index (χ0n) is 18.3. The van der Waals surface area contributed by atoms with E-state index in [9.17, 15) is 14.9 Å². The van der Waals surface area contributed by atoms with Gasteiger partial charge in [0.15, 0.2) is 0 Å². The lowest BCUT2D eigenvalue weighted by Gasteiger charge is -2.36. The van der Waals surface area contributed by atoms with Crippen LogP contribution >= 0.6 is 0 Å². The van der Waals surface area contributed by atoms with E-state index in [2.05, 4.69) is 52.5 Å². The first kappa shape index (κ1) is 22.6. The molecule has 2 N–H and O–H groups in total. The van der Waals surface area contributed by atoms with Gasteiger partial charge >= 0.3 is 0 Å². The Labute approximate surface area is 183 Å². The molecule has 2 aromatic carbocycles. The summed E-state index contributed by atoms with van der Waals surface area (Å²) in [5, 5.41) is 16.8. The summed E-state index contributed by atoms with van der Waals surface area (Å²) in [6, 6.07) is 12.8. The molecule has 2 aromatic rings. The maximum Gasteiger partial charge on any atom is 0.269 e. The number of aryl methyl sites for hydroxylation is 1. The van der Waals surface area contributed by atoms with E-state index in [1.54, 1.807) is 12.1 Å². The van der Waals surface area contributed by atoms with Crippen LogP contribution in [0.3, 0.4) is 0 Å². The molecule has 1 amide bonds. The van der Waals surface area contributed by atoms with Gasteiger partial charge in [-0.05, 0) is 49.6 Å². The summed E-state index contributed by atoms with van der Waals surface area (Å²) in [7, 11) is 0. The molecule has 8 heteroatoms. The third-order valence-electron chi connectivity index (χ3n) is 5.74. The summed E-state index contributed by atoms with van der Waals surface area (Å²) in [5.74, 6) is 0.0514. The van der Waals surface area contributed by atoms with Crippen molar-refractivity contribution < 1.29 is 9.72 Å². The average molecular weight is 426 g/mol. The van der Waals surface area contributed by atoms with E-state index < -0.39 is 4.92 Å². The SMILES string of the molecule is Cc1cccc(N2CCN(CC(=O)NCCCNc3ccc([N+](=O)[O-])cc3)CC2)c1C. The largest absolute Gasteiger partial charge is 0.385 e. The van der Waals surface area contributed by atoms with Crippen molar-refractivity contribution in [2.24, 2.45) is 0 Å². The normalized spacial score (nSPS) is 14.3. The first-order valence-corrected chi connectivity index (χ1v) is 10.7. The molecule has 166 valence electrons. The zero-order valence-corrected chi connectivity index (χ0v) is 18.3. The lowest BCUT2D eigenvalue weighted by atomic mass is 10.1. The van der Waals surface area contributed by atoms with Crippen molar-refractivity contribution in [2.45, 2.75) is 20.3 Å². The second kappa shape index (κ2) is 10.8. The van der Waals surface area contributed by atoms with Crippen LogP contribution in [-0.4, -0.2) is 61.5 Å². The molecule has 0 spiro atoms. The Hall–Kier alpha value is -3.13. The number of nitro groups is 1. The van der Waals surface area contributed by atoms with E-state index >= 15 is 0 Å². The van der Waals surface area contributed by atoms with Crippen LogP contribution in [0.5, 0.6) is 0 Å². The molecular weight excluding hydrogens is 394 g/mol. The minimum absolute atomic E-state index is 0.0514. The molecule has 3 rings (SSSR count). The van der Waals surface area contributed by atoms with E-state index in [1.165, 1.54) is 28.9 Å². The number of hydrogen-bond acceptors (Lipinski definition) is 6. The van der Waals surface area contributed by atoms with Gasteiger partial charge in [0.25, 0.3) is 5.69 Å². The number of carbonyl (C=O) groups is 1. The predicted molar refractivity (Wildman–Crippen MR) is 124 cm³/mol. The quantitative estimate of drug-likeness (QED) is 0.365. The molecule has 0 atom stereocenters. The predicted octanol–water partition coefficient (Wildman–Crippen LogP) is 2.95. The van der Waals surface area contributed by atoms with Crippen molar-refractivity contribution in [3.05, 3.63) is 63.7 Å². The highest BCUT2D eigenvalue weighted by molar-refractivity contribution is 5.78. The second-order valence-electron chi connectivity index (χ2n) is 7.92. The number of nitro benzene ring substituents is 1. The van der Waals surface area contributed by atoms with Crippen molar-refractivity contribution in [1.29, 1.82) is 0 Å². The van der Waals surface area contributed by atoms with Gasteiger partial charge in [-0.2, -0.15) is 0 Å². The van der Waals surface area contributed by atoms with Crippen LogP contribution in [0, 0.1) is 24.0 Å². The minimum atomic E-state index is -0.414. The minimum Gasteiger partial charge on any atom is -0.385 e. The Bertz CT molecular complexity index is 893. The van der Waals surface area contributed by atoms with Crippen molar-refractivity contribution in [3.8, 4) is 0 Å². The lowest BCUT2D eigenvalue weighted by molar-refractivity contribution is -0.384. The summed E-state index contributed by atoms with van der Waals surface area (Å²) < 4.78 is 0. The Kier molecular flexibility index (Phi) is 7.83. The first-order chi connectivity index (χ1) is 14.9. The fourth-order valence-electron chi connectivity index (χ4n) is 3.73. The molecule has 0 unspecified atom stereocenters. The van der Waals surface area contributed by atoms with Crippen LogP contribution in [0.4, 0.5) is 17.1 Å². The van der Waals surface area contributed by atoms with Crippen molar-refractivity contribution >= 4 is 23.0 Å². The highest BCUT2D eigenvalue weighted by atomic mass is 16.6. The van der Waals surface area contributed by atoms with Crippen molar-refractivity contribution in [1.82, 2.24) is 10.2 Å². The number of amides is 1. The zero-order chi connectivity index (χ0) is 22.2. The maximum atomic E-state index is 12.2. The Balaban J connectivity index is 1.31. The molecule has 1 aliphatic heterocycles. The monoisotopic (exact) mass is 425 g/mol. The third-order valence-corrected chi connectivity index (χ3v) is 5.74. The van der Waals surface area contributed by atoms with E-state index in [1.807, 2.05) is 0 Å². The molecule has 0 aromatic heterocycles. The molecule has 0 aliphatic carbocycles. The molecule has 1 saturated heterocycles. The van der Waals surface area contributed by atoms with Crippen molar-refractivity contribution in [3.63, 3.8) is 0 Å². The smallest absolute Gasteiger partial charge is 0.269 e. The summed E-state index contributed by atoms with van der Waals surface area (Å²) in [5.41, 5.74) is 4.84. The molecule has 8 nitrogen and oxygen atoms in total. The van der Waals surface area contributed by atoms with Gasteiger partial charge in [0.2, 0.25) is 5.91 Å². The van der Waals surface area contributed by atoms with Gasteiger partial charge < -0.3 is 15.5 Å². The van der Waals surface area contributed by atoms with Crippen LogP contribution in [0.15, 0.2) is 42.5 Å². The van der Waals surface area contributed by atoms with Gasteiger partial charge in [-0.15, -0.1) is 0 Å². The standard InChI is InChI=1S/C23H31N5O3/c1-18-5-3-6-22(19(18)2)27-15-13-26(14-16-27)17-23(29)25-12-4-11-24-20-7-9-21(10-8-20)28(30)31/h3,5-10,24H,4,11-17H2,1-2H3,(H,25,29). The molecule has 0 saturated carbocycles. The highest BCUT2D eigenvalue weighted by Gasteiger charge is 2.20. The summed E-state index contributed by atoms with van der Waals surface area (Å²) in [6.45, 7) is 9.63. The van der Waals surface area contributed by atoms with Crippen LogP contribution in [0.25, 0.3) is 0 Å². The van der Waals surface area contributed by atoms with E-state index in [4.69, 9.17) is 0 Å². The Morgan fingerprint density at radius 1 is 1.03 bits per heavy atom. The van der Waals surface area contributed by atoms with Gasteiger partial charge in [-0.3, -0.25) is 19.8 Å². The number of benzene rings is 2. The van der Waals surface area contributed by atoms with Gasteiger partial charge in [0.1, 0.15) is 0 Å². The average Bonchev–Trinajstić information content (AvgIpc) is 2.76. The fourth-order valence-corrected chi connectivity index (χ4v) is 3.73. The van der Waals surface area contributed by atoms with Gasteiger partial charge in [0, 0.05) is 62.8 Å². The van der Waals surface area contributed by atoms with Crippen LogP contribution in [0.2, 0.25) is 0 Å². The topological polar surface area (TPSA) is 90.8 Å². The van der Waals surface area contributed by atoms with Crippen LogP contribution in [0.1, 0.15) is 17.5 Å². The molecule has 31 heavy (non-hydrogen) atoms. The number of hydrogen-bond donors (Lipinski definition) is 2. The third kappa shape index (κ3) is 6.42.